The molecule has 1 unspecified atom stereocenters. The van der Waals surface area contributed by atoms with Gasteiger partial charge in [0.05, 0.1) is 12.8 Å². The van der Waals surface area contributed by atoms with Crippen molar-refractivity contribution in [2.45, 2.75) is 6.04 Å². The number of methoxy groups -OCH3 is 1. The maximum Gasteiger partial charge on any atom is 0.130 e. The summed E-state index contributed by atoms with van der Waals surface area (Å²) in [7, 11) is 1.64. The summed E-state index contributed by atoms with van der Waals surface area (Å²) in [6.07, 6.45) is 5.76. The maximum absolute atomic E-state index is 9.72. The Hall–Kier alpha value is -3.34. The summed E-state index contributed by atoms with van der Waals surface area (Å²) in [5.41, 5.74) is 3.65. The zero-order valence-corrected chi connectivity index (χ0v) is 13.7. The Morgan fingerprint density at radius 1 is 1.12 bits per heavy atom. The normalized spacial score (nSPS) is 18.1. The fraction of sp³-hybridized carbons (Fsp3) is 0.100. The quantitative estimate of drug-likeness (QED) is 0.902. The molecular weight excluding hydrogens is 314 g/mol. The molecule has 124 valence electrons. The molecule has 2 heterocycles. The second-order valence-electron chi connectivity index (χ2n) is 5.78. The van der Waals surface area contributed by atoms with Crippen LogP contribution in [0.15, 0.2) is 76.4 Å². The summed E-state index contributed by atoms with van der Waals surface area (Å²) in [4.78, 5) is 9.22. The van der Waals surface area contributed by atoms with E-state index in [0.29, 0.717) is 0 Å². The summed E-state index contributed by atoms with van der Waals surface area (Å²) in [6.45, 7) is 0. The molecule has 0 fully saturated rings. The zero-order valence-electron chi connectivity index (χ0n) is 13.7. The number of allylic oxidation sites excluding steroid dienone is 1. The Kier molecular flexibility index (Phi) is 3.82. The van der Waals surface area contributed by atoms with Gasteiger partial charge in [0.15, 0.2) is 0 Å². The van der Waals surface area contributed by atoms with Gasteiger partial charge in [-0.2, -0.15) is 0 Å². The highest BCUT2D eigenvalue weighted by Crippen LogP contribution is 2.31. The molecule has 5 heteroatoms. The number of nitrogens with one attached hydrogen (secondary N) is 1. The van der Waals surface area contributed by atoms with Crippen molar-refractivity contribution in [2.24, 2.45) is 9.98 Å². The zero-order chi connectivity index (χ0) is 17.2. The number of aromatic hydroxyl groups is 1. The number of anilines is 1. The standard InChI is InChI=1S/C20H17N3O2/c1-25-16-7-5-14(6-8-16)22-19-10-9-18-20(23-19)17(12-21-18)13-3-2-4-15(24)11-13/h2-12,18,24H,1H3,(H,22,23). The van der Waals surface area contributed by atoms with Gasteiger partial charge in [-0.3, -0.25) is 4.99 Å². The lowest BCUT2D eigenvalue weighted by Gasteiger charge is -2.15. The third-order valence-electron chi connectivity index (χ3n) is 4.12. The third-order valence-corrected chi connectivity index (χ3v) is 4.12. The number of hydrogen-bond donors (Lipinski definition) is 2. The lowest BCUT2D eigenvalue weighted by molar-refractivity contribution is 0.415. The number of fused-ring (bicyclic) bond motifs is 1. The van der Waals surface area contributed by atoms with Crippen molar-refractivity contribution in [2.75, 3.05) is 12.4 Å². The predicted molar refractivity (Wildman–Crippen MR) is 100 cm³/mol. The smallest absolute Gasteiger partial charge is 0.130 e. The number of dihydropyridines is 1. The predicted octanol–water partition coefficient (Wildman–Crippen LogP) is 3.65. The summed E-state index contributed by atoms with van der Waals surface area (Å²) in [5.74, 6) is 1.79. The lowest BCUT2D eigenvalue weighted by atomic mass is 10.0. The molecule has 4 rings (SSSR count). The number of amidine groups is 1. The molecule has 25 heavy (non-hydrogen) atoms. The minimum atomic E-state index is -0.0706. The number of phenols is 1. The van der Waals surface area contributed by atoms with Crippen molar-refractivity contribution in [1.82, 2.24) is 0 Å². The molecule has 0 bridgehead atoms. The maximum atomic E-state index is 9.72. The average molecular weight is 331 g/mol. The third kappa shape index (κ3) is 3.04. The van der Waals surface area contributed by atoms with Gasteiger partial charge in [-0.15, -0.1) is 0 Å². The molecule has 0 radical (unpaired) electrons. The van der Waals surface area contributed by atoms with Crippen LogP contribution in [0.2, 0.25) is 0 Å². The second kappa shape index (κ2) is 6.28. The number of ether oxygens (including phenoxy) is 1. The lowest BCUT2D eigenvalue weighted by Crippen LogP contribution is -2.16. The molecule has 0 aliphatic carbocycles. The fourth-order valence-electron chi connectivity index (χ4n) is 2.86. The molecule has 2 aromatic rings. The molecule has 2 aliphatic heterocycles. The van der Waals surface area contributed by atoms with Crippen molar-refractivity contribution >= 4 is 23.3 Å². The molecule has 0 saturated carbocycles. The number of benzene rings is 2. The molecule has 0 aromatic heterocycles. The van der Waals surface area contributed by atoms with Crippen LogP contribution in [0.1, 0.15) is 5.56 Å². The molecule has 0 spiro atoms. The first-order valence-electron chi connectivity index (χ1n) is 7.98. The van der Waals surface area contributed by atoms with E-state index in [1.54, 1.807) is 19.2 Å². The van der Waals surface area contributed by atoms with E-state index in [-0.39, 0.29) is 11.8 Å². The van der Waals surface area contributed by atoms with Crippen molar-refractivity contribution in [3.05, 3.63) is 71.9 Å². The summed E-state index contributed by atoms with van der Waals surface area (Å²) >= 11 is 0. The SMILES string of the molecule is COc1ccc(NC2=NC3=C(c4cccc(O)c4)C=NC3C=C2)cc1. The number of aliphatic imine (C=N–C) groups is 2. The van der Waals surface area contributed by atoms with E-state index in [0.717, 1.165) is 34.1 Å². The van der Waals surface area contributed by atoms with Crippen molar-refractivity contribution in [3.8, 4) is 11.5 Å². The average Bonchev–Trinajstić information content (AvgIpc) is 3.06. The first kappa shape index (κ1) is 15.2. The van der Waals surface area contributed by atoms with Crippen molar-refractivity contribution in [1.29, 1.82) is 0 Å². The van der Waals surface area contributed by atoms with Gasteiger partial charge in [0, 0.05) is 17.5 Å². The highest BCUT2D eigenvalue weighted by molar-refractivity contribution is 6.16. The number of phenolic OH excluding ortho intramolecular Hbond substituents is 1. The van der Waals surface area contributed by atoms with Crippen LogP contribution in [0.4, 0.5) is 5.69 Å². The van der Waals surface area contributed by atoms with Crippen molar-refractivity contribution in [3.63, 3.8) is 0 Å². The van der Waals surface area contributed by atoms with Gasteiger partial charge in [-0.05, 0) is 48.0 Å². The Bertz CT molecular complexity index is 924. The molecule has 1 atom stereocenters. The first-order chi connectivity index (χ1) is 12.2. The molecule has 2 aromatic carbocycles. The van der Waals surface area contributed by atoms with Crippen LogP contribution < -0.4 is 10.1 Å². The number of hydrogen-bond acceptors (Lipinski definition) is 5. The Balaban J connectivity index is 1.64. The van der Waals surface area contributed by atoms with E-state index in [4.69, 9.17) is 9.73 Å². The monoisotopic (exact) mass is 331 g/mol. The van der Waals surface area contributed by atoms with E-state index in [1.807, 2.05) is 54.8 Å². The fourth-order valence-corrected chi connectivity index (χ4v) is 2.86. The van der Waals surface area contributed by atoms with Gasteiger partial charge in [0.25, 0.3) is 0 Å². The summed E-state index contributed by atoms with van der Waals surface area (Å²) in [5, 5.41) is 13.0. The first-order valence-corrected chi connectivity index (χ1v) is 7.98. The molecular formula is C20H17N3O2. The van der Waals surface area contributed by atoms with Crippen molar-refractivity contribution < 1.29 is 9.84 Å². The van der Waals surface area contributed by atoms with E-state index in [2.05, 4.69) is 10.3 Å². The highest BCUT2D eigenvalue weighted by Gasteiger charge is 2.24. The van der Waals surface area contributed by atoms with Gasteiger partial charge < -0.3 is 15.2 Å². The van der Waals surface area contributed by atoms with Gasteiger partial charge in [0.1, 0.15) is 23.4 Å². The molecule has 5 nitrogen and oxygen atoms in total. The minimum absolute atomic E-state index is 0.0706. The van der Waals surface area contributed by atoms with Crippen LogP contribution in [0.25, 0.3) is 5.57 Å². The summed E-state index contributed by atoms with van der Waals surface area (Å²) in [6, 6.07) is 14.7. The van der Waals surface area contributed by atoms with Gasteiger partial charge >= 0.3 is 0 Å². The topological polar surface area (TPSA) is 66.2 Å². The van der Waals surface area contributed by atoms with Gasteiger partial charge in [-0.25, -0.2) is 4.99 Å². The number of rotatable bonds is 3. The minimum Gasteiger partial charge on any atom is -0.508 e. The van der Waals surface area contributed by atoms with E-state index >= 15 is 0 Å². The van der Waals surface area contributed by atoms with E-state index in [9.17, 15) is 5.11 Å². The number of nitrogens with zero attached hydrogens (tertiary/aromatic N) is 2. The Labute approximate surface area is 145 Å². The second-order valence-corrected chi connectivity index (χ2v) is 5.78. The molecule has 0 saturated heterocycles. The highest BCUT2D eigenvalue weighted by atomic mass is 16.5. The van der Waals surface area contributed by atoms with Gasteiger partial charge in [0.2, 0.25) is 0 Å². The largest absolute Gasteiger partial charge is 0.508 e. The Morgan fingerprint density at radius 2 is 1.96 bits per heavy atom. The molecule has 0 amide bonds. The van der Waals surface area contributed by atoms with Crippen LogP contribution in [-0.2, 0) is 0 Å². The van der Waals surface area contributed by atoms with Crippen LogP contribution >= 0.6 is 0 Å². The van der Waals surface area contributed by atoms with Gasteiger partial charge in [-0.1, -0.05) is 18.2 Å². The molecule has 2 aliphatic rings. The summed E-state index contributed by atoms with van der Waals surface area (Å²) < 4.78 is 5.17. The van der Waals surface area contributed by atoms with Crippen LogP contribution in [0.5, 0.6) is 11.5 Å². The van der Waals surface area contributed by atoms with E-state index in [1.165, 1.54) is 0 Å². The van der Waals surface area contributed by atoms with E-state index < -0.39 is 0 Å². The van der Waals surface area contributed by atoms with Crippen LogP contribution in [0, 0.1) is 0 Å². The Morgan fingerprint density at radius 3 is 2.72 bits per heavy atom. The van der Waals surface area contributed by atoms with Crippen LogP contribution in [0.3, 0.4) is 0 Å². The molecule has 2 N–H and O–H groups in total. The van der Waals surface area contributed by atoms with Crippen LogP contribution in [-0.4, -0.2) is 30.3 Å².